The van der Waals surface area contributed by atoms with E-state index in [-0.39, 0.29) is 22.5 Å². The van der Waals surface area contributed by atoms with E-state index in [0.29, 0.717) is 0 Å². The fourth-order valence-electron chi connectivity index (χ4n) is 1.66. The van der Waals surface area contributed by atoms with E-state index < -0.39 is 5.82 Å². The molecule has 2 rings (SSSR count). The number of carbonyl (C=O) groups excluding carboxylic acids is 1. The fourth-order valence-corrected chi connectivity index (χ4v) is 1.92. The van der Waals surface area contributed by atoms with Crippen molar-refractivity contribution in [3.63, 3.8) is 0 Å². The monoisotopic (exact) mass is 278 g/mol. The molecule has 19 heavy (non-hydrogen) atoms. The normalized spacial score (nSPS) is 11.9. The van der Waals surface area contributed by atoms with E-state index in [0.717, 1.165) is 11.6 Å². The number of halogens is 2. The van der Waals surface area contributed by atoms with Gasteiger partial charge in [0.15, 0.2) is 0 Å². The lowest BCUT2D eigenvalue weighted by atomic mass is 10.1. The van der Waals surface area contributed by atoms with E-state index in [9.17, 15) is 9.18 Å². The molecular weight excluding hydrogens is 267 g/mol. The van der Waals surface area contributed by atoms with Gasteiger partial charge in [-0.3, -0.25) is 9.78 Å². The number of hydrogen-bond acceptors (Lipinski definition) is 2. The van der Waals surface area contributed by atoms with Gasteiger partial charge < -0.3 is 5.32 Å². The van der Waals surface area contributed by atoms with E-state index >= 15 is 0 Å². The van der Waals surface area contributed by atoms with Crippen LogP contribution in [0.25, 0.3) is 0 Å². The van der Waals surface area contributed by atoms with Gasteiger partial charge in [-0.25, -0.2) is 4.39 Å². The molecule has 0 saturated heterocycles. The number of rotatable bonds is 3. The molecule has 1 amide bonds. The van der Waals surface area contributed by atoms with Crippen LogP contribution in [-0.4, -0.2) is 10.9 Å². The molecule has 0 saturated carbocycles. The maximum Gasteiger partial charge on any atom is 0.253 e. The molecule has 1 aromatic carbocycles. The number of aromatic nitrogens is 1. The van der Waals surface area contributed by atoms with Crippen LogP contribution in [0.15, 0.2) is 42.7 Å². The topological polar surface area (TPSA) is 42.0 Å². The van der Waals surface area contributed by atoms with Crippen molar-refractivity contribution in [3.05, 3.63) is 64.7 Å². The maximum absolute atomic E-state index is 12.9. The standard InChI is InChI=1S/C14H12ClFN2O/c1-9(10-3-2-6-17-8-10)18-14(19)12-5-4-11(16)7-13(12)15/h2-9H,1H3,(H,18,19)/t9-/m0/s1. The van der Waals surface area contributed by atoms with Crippen LogP contribution in [0.2, 0.25) is 5.02 Å². The predicted octanol–water partition coefficient (Wildman–Crippen LogP) is 3.37. The van der Waals surface area contributed by atoms with Crippen molar-refractivity contribution < 1.29 is 9.18 Å². The molecule has 98 valence electrons. The summed E-state index contributed by atoms with van der Waals surface area (Å²) >= 11 is 5.84. The van der Waals surface area contributed by atoms with Gasteiger partial charge in [0.1, 0.15) is 5.82 Å². The Balaban J connectivity index is 2.13. The number of nitrogens with zero attached hydrogens (tertiary/aromatic N) is 1. The minimum absolute atomic E-state index is 0.0934. The van der Waals surface area contributed by atoms with E-state index in [2.05, 4.69) is 10.3 Å². The number of benzene rings is 1. The van der Waals surface area contributed by atoms with Crippen LogP contribution in [0.4, 0.5) is 4.39 Å². The average Bonchev–Trinajstić information content (AvgIpc) is 2.39. The number of nitrogens with one attached hydrogen (secondary N) is 1. The molecule has 5 heteroatoms. The van der Waals surface area contributed by atoms with Gasteiger partial charge >= 0.3 is 0 Å². The van der Waals surface area contributed by atoms with Gasteiger partial charge in [-0.05, 0) is 36.8 Å². The first-order valence-electron chi connectivity index (χ1n) is 5.74. The van der Waals surface area contributed by atoms with Gasteiger partial charge in [-0.1, -0.05) is 17.7 Å². The molecule has 3 nitrogen and oxygen atoms in total. The number of hydrogen-bond donors (Lipinski definition) is 1. The molecule has 0 fully saturated rings. The summed E-state index contributed by atoms with van der Waals surface area (Å²) in [6.45, 7) is 1.84. The molecule has 0 aliphatic rings. The molecule has 2 aromatic rings. The summed E-state index contributed by atoms with van der Waals surface area (Å²) in [5, 5.41) is 2.88. The van der Waals surface area contributed by atoms with Crippen molar-refractivity contribution in [3.8, 4) is 0 Å². The zero-order valence-corrected chi connectivity index (χ0v) is 11.0. The summed E-state index contributed by atoms with van der Waals surface area (Å²) in [6.07, 6.45) is 3.34. The minimum atomic E-state index is -0.471. The fraction of sp³-hybridized carbons (Fsp3) is 0.143. The Labute approximate surface area is 115 Å². The maximum atomic E-state index is 12.9. The van der Waals surface area contributed by atoms with Crippen LogP contribution in [-0.2, 0) is 0 Å². The van der Waals surface area contributed by atoms with Crippen molar-refractivity contribution in [2.75, 3.05) is 0 Å². The second-order valence-electron chi connectivity index (χ2n) is 4.11. The lowest BCUT2D eigenvalue weighted by Gasteiger charge is -2.14. The van der Waals surface area contributed by atoms with Gasteiger partial charge in [-0.15, -0.1) is 0 Å². The highest BCUT2D eigenvalue weighted by molar-refractivity contribution is 6.33. The van der Waals surface area contributed by atoms with Crippen LogP contribution in [0.1, 0.15) is 28.9 Å². The Bertz CT molecular complexity index is 589. The third-order valence-electron chi connectivity index (χ3n) is 2.71. The molecule has 1 heterocycles. The lowest BCUT2D eigenvalue weighted by Crippen LogP contribution is -2.27. The molecule has 0 bridgehead atoms. The molecule has 1 atom stereocenters. The van der Waals surface area contributed by atoms with Gasteiger partial charge in [0.2, 0.25) is 0 Å². The van der Waals surface area contributed by atoms with E-state index in [1.165, 1.54) is 12.1 Å². The molecule has 0 aliphatic carbocycles. The van der Waals surface area contributed by atoms with Gasteiger partial charge in [0.05, 0.1) is 16.6 Å². The molecule has 1 aromatic heterocycles. The van der Waals surface area contributed by atoms with Crippen molar-refractivity contribution >= 4 is 17.5 Å². The van der Waals surface area contributed by atoms with Crippen LogP contribution in [0, 0.1) is 5.82 Å². The first-order valence-corrected chi connectivity index (χ1v) is 6.11. The zero-order chi connectivity index (χ0) is 13.8. The lowest BCUT2D eigenvalue weighted by molar-refractivity contribution is 0.0940. The largest absolute Gasteiger partial charge is 0.345 e. The third kappa shape index (κ3) is 3.29. The molecule has 0 unspecified atom stereocenters. The number of carbonyl (C=O) groups is 1. The molecule has 0 aliphatic heterocycles. The number of amides is 1. The summed E-state index contributed by atoms with van der Waals surface area (Å²) in [5.41, 5.74) is 1.13. The first kappa shape index (κ1) is 13.5. The second kappa shape index (κ2) is 5.80. The van der Waals surface area contributed by atoms with Gasteiger partial charge in [0, 0.05) is 12.4 Å². The van der Waals surface area contributed by atoms with E-state index in [4.69, 9.17) is 11.6 Å². The Morgan fingerprint density at radius 1 is 1.42 bits per heavy atom. The SMILES string of the molecule is C[C@H](NC(=O)c1ccc(F)cc1Cl)c1cccnc1. The second-order valence-corrected chi connectivity index (χ2v) is 4.51. The summed E-state index contributed by atoms with van der Waals surface area (Å²) in [6, 6.07) is 7.14. The molecule has 0 radical (unpaired) electrons. The van der Waals surface area contributed by atoms with Crippen LogP contribution in [0.3, 0.4) is 0 Å². The Kier molecular flexibility index (Phi) is 4.12. The van der Waals surface area contributed by atoms with Crippen molar-refractivity contribution in [2.45, 2.75) is 13.0 Å². The Morgan fingerprint density at radius 2 is 2.21 bits per heavy atom. The average molecular weight is 279 g/mol. The van der Waals surface area contributed by atoms with Crippen molar-refractivity contribution in [2.24, 2.45) is 0 Å². The third-order valence-corrected chi connectivity index (χ3v) is 3.02. The minimum Gasteiger partial charge on any atom is -0.345 e. The summed E-state index contributed by atoms with van der Waals surface area (Å²) in [4.78, 5) is 16.0. The zero-order valence-electron chi connectivity index (χ0n) is 10.2. The first-order chi connectivity index (χ1) is 9.08. The van der Waals surface area contributed by atoms with Crippen LogP contribution in [0.5, 0.6) is 0 Å². The van der Waals surface area contributed by atoms with Crippen molar-refractivity contribution in [1.29, 1.82) is 0 Å². The Morgan fingerprint density at radius 3 is 2.84 bits per heavy atom. The Hall–Kier alpha value is -1.94. The highest BCUT2D eigenvalue weighted by atomic mass is 35.5. The smallest absolute Gasteiger partial charge is 0.253 e. The summed E-state index contributed by atoms with van der Waals surface area (Å²) in [5.74, 6) is -0.816. The van der Waals surface area contributed by atoms with Gasteiger partial charge in [-0.2, -0.15) is 0 Å². The predicted molar refractivity (Wildman–Crippen MR) is 71.5 cm³/mol. The van der Waals surface area contributed by atoms with E-state index in [1.807, 2.05) is 13.0 Å². The van der Waals surface area contributed by atoms with Crippen LogP contribution >= 0.6 is 11.6 Å². The molecule has 0 spiro atoms. The molecular formula is C14H12ClFN2O. The molecule has 1 N–H and O–H groups in total. The van der Waals surface area contributed by atoms with E-state index in [1.54, 1.807) is 18.5 Å². The van der Waals surface area contributed by atoms with Gasteiger partial charge in [0.25, 0.3) is 5.91 Å². The summed E-state index contributed by atoms with van der Waals surface area (Å²) in [7, 11) is 0. The summed E-state index contributed by atoms with van der Waals surface area (Å²) < 4.78 is 12.9. The quantitative estimate of drug-likeness (QED) is 0.935. The number of pyridine rings is 1. The van der Waals surface area contributed by atoms with Crippen LogP contribution < -0.4 is 5.32 Å². The highest BCUT2D eigenvalue weighted by Gasteiger charge is 2.14. The van der Waals surface area contributed by atoms with Crippen molar-refractivity contribution in [1.82, 2.24) is 10.3 Å². The highest BCUT2D eigenvalue weighted by Crippen LogP contribution is 2.18.